The molecule has 0 atom stereocenters. The summed E-state index contributed by atoms with van der Waals surface area (Å²) in [7, 11) is -3.88. The van der Waals surface area contributed by atoms with Gasteiger partial charge in [-0.15, -0.1) is 0 Å². The predicted molar refractivity (Wildman–Crippen MR) is 198 cm³/mol. The Morgan fingerprint density at radius 1 is 0.983 bits per heavy atom. The molecule has 4 amide bonds. The number of ether oxygens (including phenoxy) is 2. The largest absolute Gasteiger partial charge is 0.455 e. The molecule has 3 aliphatic rings. The lowest BCUT2D eigenvalue weighted by Crippen LogP contribution is -2.58. The van der Waals surface area contributed by atoms with Crippen LogP contribution in [-0.2, 0) is 32.1 Å². The summed E-state index contributed by atoms with van der Waals surface area (Å²) in [5, 5.41) is 3.86. The summed E-state index contributed by atoms with van der Waals surface area (Å²) in [5.74, 6) is -2.66. The molecule has 16 nitrogen and oxygen atoms in total. The number of carbonyl (C=O) groups excluding carboxylic acids is 3. The SMILES string of the molecule is CC(C)CS(=O)(=O)c1ccccc1Oc1ccc(-c2noc(CN3C(=O)N(CCN4CCOCC4)C4(CCN(C(=O)c5ccncn5)CC4)C3=O)n2)cc1C(F)(F)F. The molecule has 3 aliphatic heterocycles. The number of halogens is 3. The van der Waals surface area contributed by atoms with Crippen molar-refractivity contribution < 1.29 is 50.0 Å². The molecule has 2 aromatic heterocycles. The van der Waals surface area contributed by atoms with E-state index < -0.39 is 51.3 Å². The lowest BCUT2D eigenvalue weighted by molar-refractivity contribution is -0.138. The van der Waals surface area contributed by atoms with E-state index in [1.807, 2.05) is 0 Å². The molecule has 7 rings (SSSR count). The second-order valence-corrected chi connectivity index (χ2v) is 16.6. The van der Waals surface area contributed by atoms with Crippen molar-refractivity contribution in [3.05, 3.63) is 78.2 Å². The van der Waals surface area contributed by atoms with Crippen molar-refractivity contribution in [2.24, 2.45) is 5.92 Å². The molecule has 4 aromatic rings. The van der Waals surface area contributed by atoms with Crippen molar-refractivity contribution in [2.45, 2.75) is 49.8 Å². The number of aromatic nitrogens is 4. The number of hydrogen-bond acceptors (Lipinski definition) is 13. The zero-order chi connectivity index (χ0) is 41.2. The van der Waals surface area contributed by atoms with E-state index in [2.05, 4.69) is 25.0 Å². The summed E-state index contributed by atoms with van der Waals surface area (Å²) in [6.07, 6.45) is -1.88. The maximum absolute atomic E-state index is 14.5. The summed E-state index contributed by atoms with van der Waals surface area (Å²) in [4.78, 5) is 59.7. The molecule has 2 aromatic carbocycles. The van der Waals surface area contributed by atoms with Gasteiger partial charge >= 0.3 is 12.2 Å². The summed E-state index contributed by atoms with van der Waals surface area (Å²) in [5.41, 5.74) is -2.39. The third kappa shape index (κ3) is 8.39. The number of nitrogens with zero attached hydrogens (tertiary/aromatic N) is 8. The number of sulfone groups is 1. The zero-order valence-electron chi connectivity index (χ0n) is 31.7. The Labute approximate surface area is 331 Å². The Hall–Kier alpha value is -5.47. The van der Waals surface area contributed by atoms with Gasteiger partial charge in [-0.25, -0.2) is 23.2 Å². The molecular formula is C38H41F3N8O8S. The van der Waals surface area contributed by atoms with E-state index in [1.165, 1.54) is 53.8 Å². The van der Waals surface area contributed by atoms with Crippen molar-refractivity contribution in [1.29, 1.82) is 0 Å². The molecule has 58 heavy (non-hydrogen) atoms. The maximum Gasteiger partial charge on any atom is 0.420 e. The fourth-order valence-electron chi connectivity index (χ4n) is 7.43. The van der Waals surface area contributed by atoms with Crippen molar-refractivity contribution in [1.82, 2.24) is 39.7 Å². The Bertz CT molecular complexity index is 2260. The number of likely N-dealkylation sites (tertiary alicyclic amines) is 1. The average molecular weight is 827 g/mol. The summed E-state index contributed by atoms with van der Waals surface area (Å²) in [6, 6.07) is 9.43. The highest BCUT2D eigenvalue weighted by Crippen LogP contribution is 2.42. The van der Waals surface area contributed by atoms with Gasteiger partial charge in [0, 0.05) is 51.0 Å². The molecule has 0 N–H and O–H groups in total. The van der Waals surface area contributed by atoms with Crippen LogP contribution in [0.3, 0.4) is 0 Å². The minimum Gasteiger partial charge on any atom is -0.455 e. The first-order chi connectivity index (χ1) is 27.7. The number of imide groups is 1. The highest BCUT2D eigenvalue weighted by atomic mass is 32.2. The zero-order valence-corrected chi connectivity index (χ0v) is 32.5. The lowest BCUT2D eigenvalue weighted by Gasteiger charge is -2.42. The topological polar surface area (TPSA) is 181 Å². The predicted octanol–water partition coefficient (Wildman–Crippen LogP) is 4.54. The number of urea groups is 1. The molecule has 0 radical (unpaired) electrons. The number of morpholine rings is 1. The summed E-state index contributed by atoms with van der Waals surface area (Å²) >= 11 is 0. The van der Waals surface area contributed by atoms with Crippen molar-refractivity contribution >= 4 is 27.7 Å². The normalized spacial score (nSPS) is 17.8. The number of rotatable bonds is 12. The van der Waals surface area contributed by atoms with Gasteiger partial charge in [0.05, 0.1) is 24.5 Å². The van der Waals surface area contributed by atoms with Crippen LogP contribution >= 0.6 is 0 Å². The van der Waals surface area contributed by atoms with E-state index in [0.717, 1.165) is 17.0 Å². The molecule has 3 fully saturated rings. The molecule has 20 heteroatoms. The summed E-state index contributed by atoms with van der Waals surface area (Å²) in [6.45, 7) is 6.44. The summed E-state index contributed by atoms with van der Waals surface area (Å²) < 4.78 is 86.0. The molecule has 308 valence electrons. The fraction of sp³-hybridized carbons (Fsp3) is 0.447. The standard InChI is InChI=1S/C38H41F3N8O8S/c1-25(2)23-58(53,54)31-6-4-3-5-30(31)56-29-8-7-26(21-27(29)38(39,40)41)33-44-32(57-45-33)22-48-35(51)37(49(36(48)52)16-15-46-17-19-55-20-18-46)10-13-47(14-11-37)34(50)28-9-12-42-24-43-28/h3-9,12,21,24-25H,10-11,13-20,22-23H2,1-2H3. The van der Waals surface area contributed by atoms with Crippen molar-refractivity contribution in [3.63, 3.8) is 0 Å². The van der Waals surface area contributed by atoms with Crippen LogP contribution in [0.2, 0.25) is 0 Å². The molecule has 5 heterocycles. The second-order valence-electron chi connectivity index (χ2n) is 14.6. The van der Waals surface area contributed by atoms with Gasteiger partial charge in [-0.1, -0.05) is 31.1 Å². The molecule has 0 bridgehead atoms. The van der Waals surface area contributed by atoms with E-state index in [4.69, 9.17) is 14.0 Å². The second kappa shape index (κ2) is 16.4. The van der Waals surface area contributed by atoms with E-state index in [9.17, 15) is 36.0 Å². The van der Waals surface area contributed by atoms with Gasteiger partial charge in [-0.3, -0.25) is 19.4 Å². The van der Waals surface area contributed by atoms with Gasteiger partial charge in [0.1, 0.15) is 40.5 Å². The number of alkyl halides is 3. The third-order valence-corrected chi connectivity index (χ3v) is 12.4. The lowest BCUT2D eigenvalue weighted by atomic mass is 9.85. The van der Waals surface area contributed by atoms with Crippen LogP contribution < -0.4 is 4.74 Å². The fourth-order valence-corrected chi connectivity index (χ4v) is 9.19. The van der Waals surface area contributed by atoms with Crippen LogP contribution in [0.15, 0.2) is 70.5 Å². The Morgan fingerprint density at radius 2 is 1.72 bits per heavy atom. The van der Waals surface area contributed by atoms with Gasteiger partial charge in [0.25, 0.3) is 11.8 Å². The van der Waals surface area contributed by atoms with E-state index in [-0.39, 0.29) is 83.7 Å². The number of benzene rings is 2. The number of piperidine rings is 1. The van der Waals surface area contributed by atoms with Crippen molar-refractivity contribution in [3.8, 4) is 22.9 Å². The van der Waals surface area contributed by atoms with Gasteiger partial charge < -0.3 is 23.8 Å². The minimum atomic E-state index is -4.94. The first-order valence-electron chi connectivity index (χ1n) is 18.7. The van der Waals surface area contributed by atoms with Crippen LogP contribution in [0.4, 0.5) is 18.0 Å². The van der Waals surface area contributed by atoms with E-state index >= 15 is 0 Å². The highest BCUT2D eigenvalue weighted by Gasteiger charge is 2.58. The highest BCUT2D eigenvalue weighted by molar-refractivity contribution is 7.91. The van der Waals surface area contributed by atoms with Crippen LogP contribution in [0.1, 0.15) is 48.6 Å². The van der Waals surface area contributed by atoms with Gasteiger partial charge in [0.2, 0.25) is 11.7 Å². The van der Waals surface area contributed by atoms with Crippen molar-refractivity contribution in [2.75, 3.05) is 58.2 Å². The van der Waals surface area contributed by atoms with Crippen LogP contribution in [0, 0.1) is 5.92 Å². The monoisotopic (exact) mass is 826 g/mol. The Kier molecular flexibility index (Phi) is 11.5. The quantitative estimate of drug-likeness (QED) is 0.182. The third-order valence-electron chi connectivity index (χ3n) is 10.3. The number of hydrogen-bond donors (Lipinski definition) is 0. The van der Waals surface area contributed by atoms with Crippen LogP contribution in [0.25, 0.3) is 11.4 Å². The Morgan fingerprint density at radius 3 is 2.41 bits per heavy atom. The molecule has 0 saturated carbocycles. The number of amides is 4. The van der Waals surface area contributed by atoms with Crippen LogP contribution in [-0.4, -0.2) is 130 Å². The number of carbonyl (C=O) groups is 3. The van der Waals surface area contributed by atoms with Gasteiger partial charge in [0.15, 0.2) is 9.84 Å². The van der Waals surface area contributed by atoms with Gasteiger partial charge in [-0.2, -0.15) is 18.2 Å². The van der Waals surface area contributed by atoms with E-state index in [1.54, 1.807) is 18.7 Å². The Balaban J connectivity index is 1.11. The smallest absolute Gasteiger partial charge is 0.420 e. The molecule has 3 saturated heterocycles. The average Bonchev–Trinajstić information content (AvgIpc) is 3.74. The first kappa shape index (κ1) is 40.7. The molecule has 0 unspecified atom stereocenters. The molecule has 0 aliphatic carbocycles. The molecule has 1 spiro atoms. The first-order valence-corrected chi connectivity index (χ1v) is 20.3. The number of para-hydroxylation sites is 1. The minimum absolute atomic E-state index is 0.112. The molecular weight excluding hydrogens is 786 g/mol. The van der Waals surface area contributed by atoms with Gasteiger partial charge in [-0.05, 0) is 55.2 Å². The van der Waals surface area contributed by atoms with Crippen LogP contribution in [0.5, 0.6) is 11.5 Å². The van der Waals surface area contributed by atoms with E-state index in [0.29, 0.717) is 32.8 Å². The maximum atomic E-state index is 14.5.